The lowest BCUT2D eigenvalue weighted by Gasteiger charge is -2.27. The van der Waals surface area contributed by atoms with E-state index in [2.05, 4.69) is 26.0 Å². The number of benzene rings is 1. The van der Waals surface area contributed by atoms with E-state index in [1.54, 1.807) is 0 Å². The number of fused-ring (bicyclic) bond motifs is 1. The Balaban J connectivity index is 2.62. The number of carbonyl (C=O) groups excluding carboxylic acids is 1. The van der Waals surface area contributed by atoms with Gasteiger partial charge in [-0.1, -0.05) is 0 Å². The van der Waals surface area contributed by atoms with Gasteiger partial charge in [-0.25, -0.2) is 9.18 Å². The van der Waals surface area contributed by atoms with Crippen LogP contribution < -0.4 is 10.1 Å². The maximum atomic E-state index is 13.8. The fraction of sp³-hybridized carbons (Fsp3) is 0.364. The van der Waals surface area contributed by atoms with Crippen LogP contribution in [0.25, 0.3) is 0 Å². The van der Waals surface area contributed by atoms with Gasteiger partial charge in [-0.15, -0.1) is 0 Å². The lowest BCUT2D eigenvalue weighted by molar-refractivity contribution is 0.0595. The Morgan fingerprint density at radius 1 is 1.71 bits per heavy atom. The third-order valence-electron chi connectivity index (χ3n) is 2.44. The van der Waals surface area contributed by atoms with Crippen molar-refractivity contribution in [3.05, 3.63) is 21.9 Å². The van der Waals surface area contributed by atoms with Crippen molar-refractivity contribution >= 4 is 27.6 Å². The summed E-state index contributed by atoms with van der Waals surface area (Å²) in [6.45, 7) is 2.33. The highest BCUT2D eigenvalue weighted by molar-refractivity contribution is 9.10. The van der Waals surface area contributed by atoms with Gasteiger partial charge in [0.25, 0.3) is 0 Å². The predicted molar refractivity (Wildman–Crippen MR) is 64.0 cm³/mol. The van der Waals surface area contributed by atoms with Gasteiger partial charge < -0.3 is 14.8 Å². The minimum absolute atomic E-state index is 0.000365. The summed E-state index contributed by atoms with van der Waals surface area (Å²) in [7, 11) is 1.21. The molecule has 1 aromatic carbocycles. The van der Waals surface area contributed by atoms with Crippen molar-refractivity contribution in [1.82, 2.24) is 0 Å². The number of esters is 1. The summed E-state index contributed by atoms with van der Waals surface area (Å²) >= 11 is 3.20. The number of halogens is 2. The first-order chi connectivity index (χ1) is 8.04. The van der Waals surface area contributed by atoms with Crippen molar-refractivity contribution in [2.45, 2.75) is 13.0 Å². The van der Waals surface area contributed by atoms with Crippen molar-refractivity contribution in [2.24, 2.45) is 0 Å². The summed E-state index contributed by atoms with van der Waals surface area (Å²) in [6.07, 6.45) is 0. The van der Waals surface area contributed by atoms with Crippen LogP contribution in [0.15, 0.2) is 10.5 Å². The Bertz CT molecular complexity index is 478. The summed E-state index contributed by atoms with van der Waals surface area (Å²) in [5, 5.41) is 3.03. The molecule has 0 bridgehead atoms. The molecule has 1 aliphatic rings. The minimum Gasteiger partial charge on any atom is -0.488 e. The van der Waals surface area contributed by atoms with Crippen LogP contribution in [0.4, 0.5) is 10.1 Å². The average Bonchev–Trinajstić information content (AvgIpc) is 2.28. The second-order valence-corrected chi connectivity index (χ2v) is 4.62. The Kier molecular flexibility index (Phi) is 3.24. The third-order valence-corrected chi connectivity index (χ3v) is 3.03. The van der Waals surface area contributed by atoms with E-state index < -0.39 is 11.8 Å². The molecule has 0 radical (unpaired) electrons. The zero-order valence-corrected chi connectivity index (χ0v) is 10.9. The van der Waals surface area contributed by atoms with Gasteiger partial charge in [0.15, 0.2) is 5.75 Å². The highest BCUT2D eigenvalue weighted by Gasteiger charge is 2.28. The van der Waals surface area contributed by atoms with Crippen molar-refractivity contribution in [3.63, 3.8) is 0 Å². The van der Waals surface area contributed by atoms with E-state index in [-0.39, 0.29) is 11.6 Å². The summed E-state index contributed by atoms with van der Waals surface area (Å²) in [6, 6.07) is 1.20. The van der Waals surface area contributed by atoms with Gasteiger partial charge >= 0.3 is 5.97 Å². The molecular formula is C11H11BrFNO3. The van der Waals surface area contributed by atoms with E-state index in [9.17, 15) is 9.18 Å². The van der Waals surface area contributed by atoms with Crippen LogP contribution in [0.2, 0.25) is 0 Å². The molecule has 2 rings (SSSR count). The van der Waals surface area contributed by atoms with Gasteiger partial charge in [0.05, 0.1) is 23.3 Å². The topological polar surface area (TPSA) is 47.6 Å². The van der Waals surface area contributed by atoms with Crippen LogP contribution in [0.5, 0.6) is 5.75 Å². The number of anilines is 1. The average molecular weight is 304 g/mol. The fourth-order valence-corrected chi connectivity index (χ4v) is 2.19. The SMILES string of the molecule is COC(=O)c1c(F)cc(Br)c2c1N[C@@H](C)CO2. The lowest BCUT2D eigenvalue weighted by atomic mass is 10.1. The Morgan fingerprint density at radius 2 is 2.41 bits per heavy atom. The number of hydrogen-bond acceptors (Lipinski definition) is 4. The molecule has 1 atom stereocenters. The normalized spacial score (nSPS) is 17.8. The van der Waals surface area contributed by atoms with Crippen LogP contribution in [-0.2, 0) is 4.74 Å². The molecule has 1 aliphatic heterocycles. The van der Waals surface area contributed by atoms with E-state index in [0.29, 0.717) is 22.5 Å². The number of methoxy groups -OCH3 is 1. The van der Waals surface area contributed by atoms with E-state index >= 15 is 0 Å². The summed E-state index contributed by atoms with van der Waals surface area (Å²) in [5.41, 5.74) is 0.208. The molecule has 0 fully saturated rings. The van der Waals surface area contributed by atoms with Crippen molar-refractivity contribution in [3.8, 4) is 5.75 Å². The largest absolute Gasteiger partial charge is 0.488 e. The quantitative estimate of drug-likeness (QED) is 0.810. The molecule has 0 aromatic heterocycles. The van der Waals surface area contributed by atoms with E-state index in [0.717, 1.165) is 0 Å². The predicted octanol–water partition coefficient (Wildman–Crippen LogP) is 2.57. The molecule has 17 heavy (non-hydrogen) atoms. The minimum atomic E-state index is -0.726. The molecule has 1 heterocycles. The molecule has 0 unspecified atom stereocenters. The highest BCUT2D eigenvalue weighted by atomic mass is 79.9. The van der Waals surface area contributed by atoms with Crippen LogP contribution in [0, 0.1) is 5.82 Å². The molecule has 0 aliphatic carbocycles. The second kappa shape index (κ2) is 4.52. The number of rotatable bonds is 1. The van der Waals surface area contributed by atoms with Gasteiger partial charge in [-0.2, -0.15) is 0 Å². The molecule has 92 valence electrons. The van der Waals surface area contributed by atoms with Crippen molar-refractivity contribution in [2.75, 3.05) is 19.0 Å². The first-order valence-corrected chi connectivity index (χ1v) is 5.83. The molecule has 1 N–H and O–H groups in total. The molecule has 1 aromatic rings. The first kappa shape index (κ1) is 12.2. The summed E-state index contributed by atoms with van der Waals surface area (Å²) < 4.78 is 24.3. The van der Waals surface area contributed by atoms with Crippen molar-refractivity contribution < 1.29 is 18.7 Å². The van der Waals surface area contributed by atoms with E-state index in [1.807, 2.05) is 6.92 Å². The second-order valence-electron chi connectivity index (χ2n) is 3.77. The van der Waals surface area contributed by atoms with Crippen molar-refractivity contribution in [1.29, 1.82) is 0 Å². The number of ether oxygens (including phenoxy) is 2. The Morgan fingerprint density at radius 3 is 3.06 bits per heavy atom. The number of carbonyl (C=O) groups is 1. The summed E-state index contributed by atoms with van der Waals surface area (Å²) in [5.74, 6) is -0.936. The van der Waals surface area contributed by atoms with Gasteiger partial charge in [-0.3, -0.25) is 0 Å². The van der Waals surface area contributed by atoms with Crippen LogP contribution in [-0.4, -0.2) is 25.7 Å². The zero-order valence-electron chi connectivity index (χ0n) is 9.34. The van der Waals surface area contributed by atoms with Gasteiger partial charge in [0, 0.05) is 0 Å². The molecule has 0 spiro atoms. The summed E-state index contributed by atoms with van der Waals surface area (Å²) in [4.78, 5) is 11.6. The zero-order chi connectivity index (χ0) is 12.6. The fourth-order valence-electron chi connectivity index (χ4n) is 1.68. The lowest BCUT2D eigenvalue weighted by Crippen LogP contribution is -2.30. The molecule has 0 amide bonds. The van der Waals surface area contributed by atoms with Gasteiger partial charge in [0.1, 0.15) is 18.0 Å². The number of nitrogens with one attached hydrogen (secondary N) is 1. The molecule has 0 saturated carbocycles. The number of hydrogen-bond donors (Lipinski definition) is 1. The Labute approximate surface area is 106 Å². The molecule has 6 heteroatoms. The van der Waals surface area contributed by atoms with Crippen LogP contribution >= 0.6 is 15.9 Å². The molecule has 0 saturated heterocycles. The standard InChI is InChI=1S/C11H11BrFNO3/c1-5-4-17-10-6(12)3-7(13)8(9(10)14-5)11(15)16-2/h3,5,14H,4H2,1-2H3/t5-/m0/s1. The third kappa shape index (κ3) is 2.09. The maximum absolute atomic E-state index is 13.8. The van der Waals surface area contributed by atoms with E-state index in [4.69, 9.17) is 4.74 Å². The van der Waals surface area contributed by atoms with E-state index in [1.165, 1.54) is 13.2 Å². The van der Waals surface area contributed by atoms with Gasteiger partial charge in [0.2, 0.25) is 0 Å². The first-order valence-electron chi connectivity index (χ1n) is 5.04. The monoisotopic (exact) mass is 303 g/mol. The Hall–Kier alpha value is -1.30. The molecular weight excluding hydrogens is 293 g/mol. The maximum Gasteiger partial charge on any atom is 0.343 e. The highest BCUT2D eigenvalue weighted by Crippen LogP contribution is 2.40. The van der Waals surface area contributed by atoms with Crippen LogP contribution in [0.3, 0.4) is 0 Å². The smallest absolute Gasteiger partial charge is 0.343 e. The van der Waals surface area contributed by atoms with Crippen LogP contribution in [0.1, 0.15) is 17.3 Å². The molecule has 4 nitrogen and oxygen atoms in total. The van der Waals surface area contributed by atoms with Gasteiger partial charge in [-0.05, 0) is 28.9 Å².